The van der Waals surface area contributed by atoms with Gasteiger partial charge in [-0.05, 0) is 37.5 Å². The van der Waals surface area contributed by atoms with Gasteiger partial charge in [0.25, 0.3) is 5.91 Å². The van der Waals surface area contributed by atoms with Crippen molar-refractivity contribution in [3.8, 4) is 0 Å². The Morgan fingerprint density at radius 3 is 2.90 bits per heavy atom. The molecule has 20 heavy (non-hydrogen) atoms. The number of halogens is 1. The van der Waals surface area contributed by atoms with Gasteiger partial charge in [0.2, 0.25) is 0 Å². The lowest BCUT2D eigenvalue weighted by molar-refractivity contribution is -0.151. The number of nitrogens with one attached hydrogen (secondary N) is 1. The molecule has 2 rings (SSSR count). The number of ether oxygens (including phenoxy) is 1. The van der Waals surface area contributed by atoms with Gasteiger partial charge in [0.1, 0.15) is 5.82 Å². The van der Waals surface area contributed by atoms with Crippen molar-refractivity contribution in [1.82, 2.24) is 0 Å². The largest absolute Gasteiger partial charge is 0.455 e. The molecule has 0 aromatic heterocycles. The second kappa shape index (κ2) is 6.84. The number of rotatable bonds is 4. The number of carbonyl (C=O) groups is 2. The van der Waals surface area contributed by atoms with Gasteiger partial charge in [-0.1, -0.05) is 18.2 Å². The summed E-state index contributed by atoms with van der Waals surface area (Å²) in [5.74, 6) is -1.44. The van der Waals surface area contributed by atoms with Crippen molar-refractivity contribution in [1.29, 1.82) is 0 Å². The van der Waals surface area contributed by atoms with E-state index in [0.29, 0.717) is 12.1 Å². The van der Waals surface area contributed by atoms with Gasteiger partial charge in [0.05, 0.1) is 5.92 Å². The van der Waals surface area contributed by atoms with Crippen LogP contribution in [0.5, 0.6) is 0 Å². The number of carbonyl (C=O) groups excluding carboxylic acids is 2. The fourth-order valence-corrected chi connectivity index (χ4v) is 2.03. The molecule has 1 aliphatic rings. The van der Waals surface area contributed by atoms with Crippen molar-refractivity contribution in [3.05, 3.63) is 42.2 Å². The Labute approximate surface area is 116 Å². The second-order valence-electron chi connectivity index (χ2n) is 4.65. The molecule has 0 saturated carbocycles. The Bertz CT molecular complexity index is 528. The van der Waals surface area contributed by atoms with Crippen molar-refractivity contribution in [3.63, 3.8) is 0 Å². The van der Waals surface area contributed by atoms with Crippen LogP contribution in [0.1, 0.15) is 19.3 Å². The van der Waals surface area contributed by atoms with E-state index < -0.39 is 11.7 Å². The summed E-state index contributed by atoms with van der Waals surface area (Å²) in [7, 11) is 0. The molecule has 5 heteroatoms. The van der Waals surface area contributed by atoms with Crippen LogP contribution in [0.4, 0.5) is 10.1 Å². The lowest BCUT2D eigenvalue weighted by atomic mass is 9.95. The average molecular weight is 277 g/mol. The zero-order valence-electron chi connectivity index (χ0n) is 11.0. The third-order valence-corrected chi connectivity index (χ3v) is 3.06. The molecule has 0 saturated heterocycles. The van der Waals surface area contributed by atoms with Crippen molar-refractivity contribution in [2.45, 2.75) is 19.3 Å². The predicted molar refractivity (Wildman–Crippen MR) is 72.5 cm³/mol. The minimum absolute atomic E-state index is 0.165. The fourth-order valence-electron chi connectivity index (χ4n) is 2.03. The molecule has 0 fully saturated rings. The summed E-state index contributed by atoms with van der Waals surface area (Å²) >= 11 is 0. The Kier molecular flexibility index (Phi) is 4.87. The Morgan fingerprint density at radius 1 is 1.35 bits per heavy atom. The van der Waals surface area contributed by atoms with Gasteiger partial charge in [0, 0.05) is 5.69 Å². The van der Waals surface area contributed by atoms with E-state index in [0.717, 1.165) is 12.8 Å². The number of esters is 1. The first-order valence-corrected chi connectivity index (χ1v) is 6.52. The summed E-state index contributed by atoms with van der Waals surface area (Å²) < 4.78 is 17.9. The van der Waals surface area contributed by atoms with Gasteiger partial charge in [-0.2, -0.15) is 0 Å². The van der Waals surface area contributed by atoms with E-state index in [9.17, 15) is 14.0 Å². The molecule has 4 nitrogen and oxygen atoms in total. The molecule has 0 radical (unpaired) electrons. The van der Waals surface area contributed by atoms with Crippen LogP contribution >= 0.6 is 0 Å². The van der Waals surface area contributed by atoms with Crippen molar-refractivity contribution in [2.24, 2.45) is 5.92 Å². The lowest BCUT2D eigenvalue weighted by Gasteiger charge is -2.16. The first-order valence-electron chi connectivity index (χ1n) is 6.52. The van der Waals surface area contributed by atoms with Gasteiger partial charge in [-0.25, -0.2) is 4.39 Å². The van der Waals surface area contributed by atoms with Crippen LogP contribution in [0.25, 0.3) is 0 Å². The Morgan fingerprint density at radius 2 is 2.20 bits per heavy atom. The maximum atomic E-state index is 12.9. The topological polar surface area (TPSA) is 55.4 Å². The zero-order valence-corrected chi connectivity index (χ0v) is 11.0. The van der Waals surface area contributed by atoms with Crippen LogP contribution in [-0.4, -0.2) is 18.5 Å². The molecule has 1 atom stereocenters. The van der Waals surface area contributed by atoms with E-state index in [1.54, 1.807) is 6.07 Å². The molecule has 0 spiro atoms. The van der Waals surface area contributed by atoms with Crippen LogP contribution in [0.15, 0.2) is 36.4 Å². The van der Waals surface area contributed by atoms with E-state index in [4.69, 9.17) is 4.74 Å². The average Bonchev–Trinajstić information content (AvgIpc) is 2.46. The molecule has 0 bridgehead atoms. The molecule has 1 N–H and O–H groups in total. The molecular weight excluding hydrogens is 261 g/mol. The van der Waals surface area contributed by atoms with Crippen LogP contribution in [0, 0.1) is 11.7 Å². The number of hydrogen-bond donors (Lipinski definition) is 1. The first kappa shape index (κ1) is 14.2. The standard InChI is InChI=1S/C15H16FNO3/c16-12-7-4-8-13(9-12)17-14(18)10-20-15(19)11-5-2-1-3-6-11/h1-2,4,7-9,11H,3,5-6,10H2,(H,17,18)/t11-/m0/s1. The number of benzene rings is 1. The summed E-state index contributed by atoms with van der Waals surface area (Å²) in [6.07, 6.45) is 6.24. The van der Waals surface area contributed by atoms with E-state index in [2.05, 4.69) is 5.32 Å². The molecule has 1 amide bonds. The van der Waals surface area contributed by atoms with Crippen molar-refractivity contribution in [2.75, 3.05) is 11.9 Å². The maximum Gasteiger partial charge on any atom is 0.309 e. The quantitative estimate of drug-likeness (QED) is 0.680. The molecule has 1 aromatic rings. The Hall–Kier alpha value is -2.17. The summed E-state index contributed by atoms with van der Waals surface area (Å²) in [4.78, 5) is 23.3. The van der Waals surface area contributed by atoms with Gasteiger partial charge < -0.3 is 10.1 Å². The summed E-state index contributed by atoms with van der Waals surface area (Å²) in [5.41, 5.74) is 0.339. The molecule has 106 valence electrons. The van der Waals surface area contributed by atoms with Crippen molar-refractivity contribution < 1.29 is 18.7 Å². The smallest absolute Gasteiger partial charge is 0.309 e. The second-order valence-corrected chi connectivity index (χ2v) is 4.65. The number of amides is 1. The molecule has 0 unspecified atom stereocenters. The monoisotopic (exact) mass is 277 g/mol. The summed E-state index contributed by atoms with van der Waals surface area (Å²) in [5, 5.41) is 2.47. The highest BCUT2D eigenvalue weighted by molar-refractivity contribution is 5.92. The highest BCUT2D eigenvalue weighted by atomic mass is 19.1. The van der Waals surface area contributed by atoms with E-state index in [1.807, 2.05) is 12.2 Å². The van der Waals surface area contributed by atoms with Gasteiger partial charge in [-0.15, -0.1) is 0 Å². The minimum Gasteiger partial charge on any atom is -0.455 e. The SMILES string of the molecule is O=C(COC(=O)[C@H]1CC=CCC1)Nc1cccc(F)c1. The van der Waals surface area contributed by atoms with Gasteiger partial charge in [0.15, 0.2) is 6.61 Å². The van der Waals surface area contributed by atoms with Gasteiger partial charge in [-0.3, -0.25) is 9.59 Å². The van der Waals surface area contributed by atoms with Crippen LogP contribution in [-0.2, 0) is 14.3 Å². The molecular formula is C15H16FNO3. The van der Waals surface area contributed by atoms with E-state index in [-0.39, 0.29) is 18.5 Å². The first-order chi connectivity index (χ1) is 9.65. The molecule has 1 aliphatic carbocycles. The third kappa shape index (κ3) is 4.19. The van der Waals surface area contributed by atoms with Crippen LogP contribution in [0.3, 0.4) is 0 Å². The maximum absolute atomic E-state index is 12.9. The molecule has 1 aromatic carbocycles. The zero-order chi connectivity index (χ0) is 14.4. The third-order valence-electron chi connectivity index (χ3n) is 3.06. The van der Waals surface area contributed by atoms with Gasteiger partial charge >= 0.3 is 5.97 Å². The highest BCUT2D eigenvalue weighted by Crippen LogP contribution is 2.19. The predicted octanol–water partition coefficient (Wildman–Crippen LogP) is 2.66. The summed E-state index contributed by atoms with van der Waals surface area (Å²) in [6, 6.07) is 5.54. The van der Waals surface area contributed by atoms with E-state index in [1.165, 1.54) is 18.2 Å². The number of hydrogen-bond acceptors (Lipinski definition) is 3. The van der Waals surface area contributed by atoms with Crippen LogP contribution in [0.2, 0.25) is 0 Å². The lowest BCUT2D eigenvalue weighted by Crippen LogP contribution is -2.25. The Balaban J connectivity index is 1.77. The minimum atomic E-state index is -0.477. The molecule has 0 aliphatic heterocycles. The summed E-state index contributed by atoms with van der Waals surface area (Å²) in [6.45, 7) is -0.352. The van der Waals surface area contributed by atoms with Crippen molar-refractivity contribution >= 4 is 17.6 Å². The fraction of sp³-hybridized carbons (Fsp3) is 0.333. The number of allylic oxidation sites excluding steroid dienone is 2. The normalized spacial score (nSPS) is 17.6. The molecule has 0 heterocycles. The van der Waals surface area contributed by atoms with E-state index >= 15 is 0 Å². The van der Waals surface area contributed by atoms with Crippen LogP contribution < -0.4 is 5.32 Å². The number of anilines is 1. The highest BCUT2D eigenvalue weighted by Gasteiger charge is 2.20.